The fraction of sp³-hybridized carbons (Fsp3) is 0.562. The Kier molecular flexibility index (Phi) is 8.24. The Labute approximate surface area is 138 Å². The van der Waals surface area contributed by atoms with Gasteiger partial charge in [-0.25, -0.2) is 0 Å². The standard InChI is InChI=1S/C16H24N2O3.ClH/c1-12(10-17-2)16(19)18-13-5-3-6-14(9-13)21-11-15-7-4-8-20-15;/h3,5-6,9,12,15,17H,4,7-8,10-11H2,1-2H3,(H,18,19);1H. The van der Waals surface area contributed by atoms with Crippen molar-refractivity contribution in [3.8, 4) is 5.75 Å². The molecule has 0 aliphatic carbocycles. The maximum atomic E-state index is 12.0. The maximum absolute atomic E-state index is 12.0. The van der Waals surface area contributed by atoms with E-state index in [0.717, 1.165) is 30.9 Å². The van der Waals surface area contributed by atoms with E-state index in [0.29, 0.717) is 13.2 Å². The van der Waals surface area contributed by atoms with E-state index in [1.165, 1.54) is 0 Å². The summed E-state index contributed by atoms with van der Waals surface area (Å²) in [5, 5.41) is 5.90. The number of carbonyl (C=O) groups excluding carboxylic acids is 1. The number of rotatable bonds is 7. The molecule has 0 spiro atoms. The third kappa shape index (κ3) is 5.83. The Bertz CT molecular complexity index is 464. The van der Waals surface area contributed by atoms with E-state index < -0.39 is 0 Å². The van der Waals surface area contributed by atoms with Crippen LogP contribution in [-0.2, 0) is 9.53 Å². The third-order valence-corrected chi connectivity index (χ3v) is 3.52. The van der Waals surface area contributed by atoms with Gasteiger partial charge < -0.3 is 20.1 Å². The van der Waals surface area contributed by atoms with Gasteiger partial charge >= 0.3 is 0 Å². The quantitative estimate of drug-likeness (QED) is 0.807. The van der Waals surface area contributed by atoms with Crippen molar-refractivity contribution in [2.45, 2.75) is 25.9 Å². The first-order chi connectivity index (χ1) is 10.2. The van der Waals surface area contributed by atoms with E-state index in [9.17, 15) is 4.79 Å². The number of nitrogens with one attached hydrogen (secondary N) is 2. The predicted octanol–water partition coefficient (Wildman–Crippen LogP) is 2.46. The average Bonchev–Trinajstić information content (AvgIpc) is 2.99. The van der Waals surface area contributed by atoms with Gasteiger partial charge in [-0.1, -0.05) is 13.0 Å². The summed E-state index contributed by atoms with van der Waals surface area (Å²) >= 11 is 0. The van der Waals surface area contributed by atoms with Gasteiger partial charge in [0.05, 0.1) is 6.10 Å². The summed E-state index contributed by atoms with van der Waals surface area (Å²) in [6.45, 7) is 3.94. The molecule has 1 aliphatic heterocycles. The molecular formula is C16H25ClN2O3. The Morgan fingerprint density at radius 3 is 3.00 bits per heavy atom. The van der Waals surface area contributed by atoms with Crippen molar-refractivity contribution in [2.75, 3.05) is 32.1 Å². The zero-order valence-electron chi connectivity index (χ0n) is 13.1. The number of ether oxygens (including phenoxy) is 2. The van der Waals surface area contributed by atoms with Crippen LogP contribution in [0.2, 0.25) is 0 Å². The van der Waals surface area contributed by atoms with E-state index in [2.05, 4.69) is 10.6 Å². The third-order valence-electron chi connectivity index (χ3n) is 3.52. The van der Waals surface area contributed by atoms with Crippen LogP contribution >= 0.6 is 12.4 Å². The summed E-state index contributed by atoms with van der Waals surface area (Å²) in [5.74, 6) is 0.677. The van der Waals surface area contributed by atoms with Crippen molar-refractivity contribution < 1.29 is 14.3 Å². The van der Waals surface area contributed by atoms with Crippen LogP contribution in [0, 0.1) is 5.92 Å². The van der Waals surface area contributed by atoms with Crippen molar-refractivity contribution >= 4 is 24.0 Å². The van der Waals surface area contributed by atoms with Crippen LogP contribution in [0.4, 0.5) is 5.69 Å². The highest BCUT2D eigenvalue weighted by Crippen LogP contribution is 2.20. The minimum Gasteiger partial charge on any atom is -0.491 e. The van der Waals surface area contributed by atoms with Gasteiger partial charge in [-0.15, -0.1) is 12.4 Å². The molecule has 2 N–H and O–H groups in total. The highest BCUT2D eigenvalue weighted by atomic mass is 35.5. The van der Waals surface area contributed by atoms with Gasteiger partial charge in [0.1, 0.15) is 12.4 Å². The van der Waals surface area contributed by atoms with Crippen LogP contribution in [-0.4, -0.2) is 38.8 Å². The first-order valence-electron chi connectivity index (χ1n) is 7.49. The van der Waals surface area contributed by atoms with Gasteiger partial charge in [-0.3, -0.25) is 4.79 Å². The second-order valence-electron chi connectivity index (χ2n) is 5.42. The lowest BCUT2D eigenvalue weighted by Gasteiger charge is -2.14. The Morgan fingerprint density at radius 2 is 2.32 bits per heavy atom. The fourth-order valence-corrected chi connectivity index (χ4v) is 2.29. The molecule has 2 atom stereocenters. The molecule has 0 radical (unpaired) electrons. The Morgan fingerprint density at radius 1 is 1.50 bits per heavy atom. The van der Waals surface area contributed by atoms with Gasteiger partial charge in [0.15, 0.2) is 0 Å². The average molecular weight is 329 g/mol. The van der Waals surface area contributed by atoms with Crippen LogP contribution in [0.3, 0.4) is 0 Å². The topological polar surface area (TPSA) is 59.6 Å². The van der Waals surface area contributed by atoms with Crippen molar-refractivity contribution in [1.82, 2.24) is 5.32 Å². The van der Waals surface area contributed by atoms with Crippen LogP contribution in [0.5, 0.6) is 5.75 Å². The van der Waals surface area contributed by atoms with Gasteiger partial charge in [0, 0.05) is 30.8 Å². The first-order valence-corrected chi connectivity index (χ1v) is 7.49. The van der Waals surface area contributed by atoms with Gasteiger partial charge in [0.2, 0.25) is 5.91 Å². The molecule has 1 aliphatic rings. The van der Waals surface area contributed by atoms with Crippen molar-refractivity contribution in [2.24, 2.45) is 5.92 Å². The Balaban J connectivity index is 0.00000242. The van der Waals surface area contributed by atoms with Crippen LogP contribution in [0.15, 0.2) is 24.3 Å². The molecule has 1 aromatic rings. The monoisotopic (exact) mass is 328 g/mol. The predicted molar refractivity (Wildman–Crippen MR) is 89.9 cm³/mol. The van der Waals surface area contributed by atoms with E-state index in [1.54, 1.807) is 0 Å². The lowest BCUT2D eigenvalue weighted by molar-refractivity contribution is -0.119. The van der Waals surface area contributed by atoms with E-state index in [4.69, 9.17) is 9.47 Å². The molecule has 5 nitrogen and oxygen atoms in total. The molecule has 6 heteroatoms. The lowest BCUT2D eigenvalue weighted by Crippen LogP contribution is -2.28. The summed E-state index contributed by atoms with van der Waals surface area (Å²) in [5.41, 5.74) is 0.757. The van der Waals surface area contributed by atoms with Gasteiger partial charge in [-0.2, -0.15) is 0 Å². The molecule has 1 amide bonds. The van der Waals surface area contributed by atoms with Crippen molar-refractivity contribution in [3.05, 3.63) is 24.3 Å². The first kappa shape index (κ1) is 18.7. The second kappa shape index (κ2) is 9.66. The molecule has 2 unspecified atom stereocenters. The van der Waals surface area contributed by atoms with E-state index in [-0.39, 0.29) is 30.3 Å². The second-order valence-corrected chi connectivity index (χ2v) is 5.42. The van der Waals surface area contributed by atoms with Crippen LogP contribution in [0.1, 0.15) is 19.8 Å². The van der Waals surface area contributed by atoms with Crippen LogP contribution in [0.25, 0.3) is 0 Å². The minimum atomic E-state index is -0.0773. The zero-order chi connectivity index (χ0) is 15.1. The summed E-state index contributed by atoms with van der Waals surface area (Å²) < 4.78 is 11.3. The lowest BCUT2D eigenvalue weighted by atomic mass is 10.1. The molecule has 1 aromatic carbocycles. The van der Waals surface area contributed by atoms with Gasteiger partial charge in [-0.05, 0) is 32.0 Å². The number of hydrogen-bond donors (Lipinski definition) is 2. The number of carbonyl (C=O) groups is 1. The van der Waals surface area contributed by atoms with Gasteiger partial charge in [0.25, 0.3) is 0 Å². The zero-order valence-corrected chi connectivity index (χ0v) is 13.9. The fourth-order valence-electron chi connectivity index (χ4n) is 2.29. The highest BCUT2D eigenvalue weighted by Gasteiger charge is 2.16. The van der Waals surface area contributed by atoms with Crippen molar-refractivity contribution in [3.63, 3.8) is 0 Å². The molecule has 1 saturated heterocycles. The summed E-state index contributed by atoms with van der Waals surface area (Å²) in [4.78, 5) is 12.0. The van der Waals surface area contributed by atoms with Crippen LogP contribution < -0.4 is 15.4 Å². The number of anilines is 1. The number of halogens is 1. The molecule has 0 aromatic heterocycles. The molecule has 2 rings (SSSR count). The van der Waals surface area contributed by atoms with E-state index >= 15 is 0 Å². The molecule has 124 valence electrons. The minimum absolute atomic E-state index is 0. The molecule has 1 fully saturated rings. The maximum Gasteiger partial charge on any atom is 0.228 e. The Hall–Kier alpha value is -1.30. The molecular weight excluding hydrogens is 304 g/mol. The normalized spacial score (nSPS) is 18.4. The molecule has 0 saturated carbocycles. The highest BCUT2D eigenvalue weighted by molar-refractivity contribution is 5.92. The summed E-state index contributed by atoms with van der Waals surface area (Å²) in [7, 11) is 1.84. The molecule has 1 heterocycles. The SMILES string of the molecule is CNCC(C)C(=O)Nc1cccc(OCC2CCCO2)c1.Cl. The number of benzene rings is 1. The summed E-state index contributed by atoms with van der Waals surface area (Å²) in [6, 6.07) is 7.48. The molecule has 0 bridgehead atoms. The largest absolute Gasteiger partial charge is 0.491 e. The smallest absolute Gasteiger partial charge is 0.228 e. The van der Waals surface area contributed by atoms with E-state index in [1.807, 2.05) is 38.2 Å². The number of amides is 1. The number of hydrogen-bond acceptors (Lipinski definition) is 4. The summed E-state index contributed by atoms with van der Waals surface area (Å²) in [6.07, 6.45) is 2.35. The van der Waals surface area contributed by atoms with Crippen molar-refractivity contribution in [1.29, 1.82) is 0 Å². The molecule has 22 heavy (non-hydrogen) atoms.